The molecule has 0 radical (unpaired) electrons. The second-order valence-corrected chi connectivity index (χ2v) is 16.4. The Balaban J connectivity index is 1.16. The first-order valence-electron chi connectivity index (χ1n) is 18.0. The first-order chi connectivity index (χ1) is 22.8. The average molecular weight is 608 g/mol. The molecule has 0 bridgehead atoms. The van der Waals surface area contributed by atoms with Crippen LogP contribution in [0.5, 0.6) is 0 Å². The van der Waals surface area contributed by atoms with Crippen molar-refractivity contribution in [2.75, 3.05) is 4.90 Å². The summed E-state index contributed by atoms with van der Waals surface area (Å²) in [5.74, 6) is 2.85. The Kier molecular flexibility index (Phi) is 4.97. The smallest absolute Gasteiger partial charge is 0.0544 e. The number of hydrogen-bond donors (Lipinski definition) is 0. The molecule has 11 rings (SSSR count). The van der Waals surface area contributed by atoms with Crippen LogP contribution in [0.1, 0.15) is 103 Å². The summed E-state index contributed by atoms with van der Waals surface area (Å²) in [6, 6.07) is 24.4. The number of para-hydroxylation sites is 1. The number of anilines is 3. The fourth-order valence-corrected chi connectivity index (χ4v) is 10.2. The van der Waals surface area contributed by atoms with Gasteiger partial charge in [-0.15, -0.1) is 0 Å². The Morgan fingerprint density at radius 2 is 1.43 bits per heavy atom. The van der Waals surface area contributed by atoms with Crippen LogP contribution in [0.2, 0.25) is 0 Å². The van der Waals surface area contributed by atoms with E-state index in [0.717, 1.165) is 24.7 Å². The highest BCUT2D eigenvalue weighted by atomic mass is 15.2. The fraction of sp³-hybridized carbons (Fsp3) is 0.304. The van der Waals surface area contributed by atoms with Gasteiger partial charge in [-0.2, -0.15) is 0 Å². The van der Waals surface area contributed by atoms with Gasteiger partial charge in [0.05, 0.1) is 17.1 Å². The van der Waals surface area contributed by atoms with Crippen LogP contribution in [0.15, 0.2) is 91.0 Å². The van der Waals surface area contributed by atoms with E-state index in [-0.39, 0.29) is 10.8 Å². The molecule has 0 aromatic heterocycles. The zero-order chi connectivity index (χ0) is 31.4. The Labute approximate surface area is 279 Å². The first kappa shape index (κ1) is 26.7. The van der Waals surface area contributed by atoms with E-state index in [1.54, 1.807) is 5.56 Å². The van der Waals surface area contributed by atoms with E-state index in [2.05, 4.69) is 136 Å². The molecule has 0 N–H and O–H groups in total. The molecule has 4 unspecified atom stereocenters. The second-order valence-electron chi connectivity index (χ2n) is 16.4. The Morgan fingerprint density at radius 3 is 2.30 bits per heavy atom. The zero-order valence-corrected chi connectivity index (χ0v) is 27.9. The van der Waals surface area contributed by atoms with Crippen molar-refractivity contribution in [3.05, 3.63) is 141 Å². The third-order valence-electron chi connectivity index (χ3n) is 13.1. The molecule has 4 aromatic rings. The van der Waals surface area contributed by atoms with Crippen molar-refractivity contribution in [2.24, 2.45) is 17.8 Å². The molecule has 2 saturated carbocycles. The molecule has 1 heteroatoms. The number of rotatable bonds is 2. The van der Waals surface area contributed by atoms with E-state index >= 15 is 0 Å². The van der Waals surface area contributed by atoms with Gasteiger partial charge in [0.25, 0.3) is 0 Å². The number of hydrogen-bond acceptors (Lipinski definition) is 1. The van der Waals surface area contributed by atoms with E-state index in [1.165, 1.54) is 91.1 Å². The maximum Gasteiger partial charge on any atom is 0.0544 e. The summed E-state index contributed by atoms with van der Waals surface area (Å²) in [5, 5.41) is 0. The lowest BCUT2D eigenvalue weighted by Crippen LogP contribution is -2.38. The van der Waals surface area contributed by atoms with Crippen LogP contribution in [0.3, 0.4) is 0 Å². The van der Waals surface area contributed by atoms with E-state index in [0.29, 0.717) is 11.8 Å². The van der Waals surface area contributed by atoms with Crippen molar-refractivity contribution < 1.29 is 0 Å². The third-order valence-corrected chi connectivity index (χ3v) is 13.1. The lowest BCUT2D eigenvalue weighted by molar-refractivity contribution is 0.597. The van der Waals surface area contributed by atoms with Crippen molar-refractivity contribution in [3.8, 4) is 11.1 Å². The Bertz CT molecular complexity index is 2230. The van der Waals surface area contributed by atoms with Crippen molar-refractivity contribution in [2.45, 2.75) is 70.1 Å². The van der Waals surface area contributed by atoms with Gasteiger partial charge in [0, 0.05) is 10.8 Å². The SMILES string of the molecule is CC1(C)c2ccccc2N2c3ccc(-c4cc5c(c6c4CCC=C6)C=CC4CC54)cc3C(C)(C)c3cc(C4=CC=CC5CC45)cc1c32. The highest BCUT2D eigenvalue weighted by Crippen LogP contribution is 2.62. The topological polar surface area (TPSA) is 3.24 Å². The van der Waals surface area contributed by atoms with E-state index in [1.807, 2.05) is 0 Å². The van der Waals surface area contributed by atoms with E-state index in [4.69, 9.17) is 0 Å². The summed E-state index contributed by atoms with van der Waals surface area (Å²) in [7, 11) is 0. The first-order valence-corrected chi connectivity index (χ1v) is 18.0. The van der Waals surface area contributed by atoms with Gasteiger partial charge < -0.3 is 4.90 Å². The average Bonchev–Trinajstić information content (AvgIpc) is 4.02. The molecule has 230 valence electrons. The molecule has 2 heterocycles. The molecule has 4 atom stereocenters. The predicted octanol–water partition coefficient (Wildman–Crippen LogP) is 11.8. The molecule has 2 fully saturated rings. The molecule has 4 aromatic carbocycles. The second kappa shape index (κ2) is 8.75. The summed E-state index contributed by atoms with van der Waals surface area (Å²) in [4.78, 5) is 2.62. The molecule has 0 saturated heterocycles. The third kappa shape index (κ3) is 3.45. The van der Waals surface area contributed by atoms with Gasteiger partial charge in [0.1, 0.15) is 0 Å². The molecule has 7 aliphatic rings. The Hall–Kier alpha value is -4.36. The molecule has 5 aliphatic carbocycles. The standard InChI is InChI=1S/C46H41N/c1-45(2)38-14-7-8-15-42(38)47-43-19-17-28(36-25-37-33(18-16-27-21-35(27)37)31-11-5-6-12-32(31)36)22-39(43)46(3,4)41-24-29(23-40(45)44(41)47)30-13-9-10-26-20-34(26)30/h5,7-11,13-19,22-27,34-35H,6,12,20-21H2,1-4H3. The summed E-state index contributed by atoms with van der Waals surface area (Å²) in [6.07, 6.45) is 21.7. The minimum atomic E-state index is -0.156. The number of benzene rings is 4. The Morgan fingerprint density at radius 1 is 0.681 bits per heavy atom. The van der Waals surface area contributed by atoms with Gasteiger partial charge in [0.15, 0.2) is 0 Å². The maximum atomic E-state index is 2.62. The summed E-state index contributed by atoms with van der Waals surface area (Å²) in [6.45, 7) is 9.85. The van der Waals surface area contributed by atoms with Crippen LogP contribution < -0.4 is 4.90 Å². The van der Waals surface area contributed by atoms with Gasteiger partial charge in [-0.25, -0.2) is 0 Å². The molecular formula is C46H41N. The zero-order valence-electron chi connectivity index (χ0n) is 27.9. The van der Waals surface area contributed by atoms with Gasteiger partial charge in [-0.05, 0) is 153 Å². The molecule has 1 nitrogen and oxygen atoms in total. The number of allylic oxidation sites excluding steroid dienone is 6. The predicted molar refractivity (Wildman–Crippen MR) is 197 cm³/mol. The van der Waals surface area contributed by atoms with Crippen LogP contribution >= 0.6 is 0 Å². The molecule has 0 amide bonds. The van der Waals surface area contributed by atoms with Crippen LogP contribution in [0.25, 0.3) is 28.9 Å². The van der Waals surface area contributed by atoms with Crippen LogP contribution in [-0.4, -0.2) is 0 Å². The molecule has 47 heavy (non-hydrogen) atoms. The van der Waals surface area contributed by atoms with Crippen LogP contribution in [0, 0.1) is 17.8 Å². The quantitative estimate of drug-likeness (QED) is 0.219. The van der Waals surface area contributed by atoms with Crippen LogP contribution in [-0.2, 0) is 17.3 Å². The van der Waals surface area contributed by atoms with E-state index < -0.39 is 0 Å². The summed E-state index contributed by atoms with van der Waals surface area (Å²) < 4.78 is 0. The highest BCUT2D eigenvalue weighted by molar-refractivity contribution is 5.95. The monoisotopic (exact) mass is 607 g/mol. The normalized spacial score (nSPS) is 26.6. The molecular weight excluding hydrogens is 567 g/mol. The van der Waals surface area contributed by atoms with Gasteiger partial charge in [-0.3, -0.25) is 0 Å². The fourth-order valence-electron chi connectivity index (χ4n) is 10.2. The van der Waals surface area contributed by atoms with Crippen molar-refractivity contribution in [1.29, 1.82) is 0 Å². The minimum absolute atomic E-state index is 0.0977. The minimum Gasteiger partial charge on any atom is -0.309 e. The number of nitrogens with zero attached hydrogens (tertiary/aromatic N) is 1. The van der Waals surface area contributed by atoms with Gasteiger partial charge in [-0.1, -0.05) is 94.5 Å². The summed E-state index contributed by atoms with van der Waals surface area (Å²) in [5.41, 5.74) is 21.5. The van der Waals surface area contributed by atoms with E-state index in [9.17, 15) is 0 Å². The van der Waals surface area contributed by atoms with Gasteiger partial charge in [0.2, 0.25) is 0 Å². The lowest BCUT2D eigenvalue weighted by atomic mass is 9.65. The van der Waals surface area contributed by atoms with Crippen LogP contribution in [0.4, 0.5) is 17.1 Å². The number of fused-ring (bicyclic) bond motifs is 10. The van der Waals surface area contributed by atoms with Crippen molar-refractivity contribution in [1.82, 2.24) is 0 Å². The van der Waals surface area contributed by atoms with Gasteiger partial charge >= 0.3 is 0 Å². The lowest BCUT2D eigenvalue weighted by Gasteiger charge is -2.50. The summed E-state index contributed by atoms with van der Waals surface area (Å²) >= 11 is 0. The largest absolute Gasteiger partial charge is 0.309 e. The maximum absolute atomic E-state index is 2.62. The molecule has 0 spiro atoms. The highest BCUT2D eigenvalue weighted by Gasteiger charge is 2.47. The molecule has 2 aliphatic heterocycles. The van der Waals surface area contributed by atoms with Crippen molar-refractivity contribution >= 4 is 34.8 Å². The van der Waals surface area contributed by atoms with Crippen molar-refractivity contribution in [3.63, 3.8) is 0 Å².